The van der Waals surface area contributed by atoms with Gasteiger partial charge in [-0.15, -0.1) is 0 Å². The topological polar surface area (TPSA) is 84.1 Å². The zero-order chi connectivity index (χ0) is 17.2. The molecule has 128 valence electrons. The van der Waals surface area contributed by atoms with E-state index in [0.717, 1.165) is 53.8 Å². The fraction of sp³-hybridized carbons (Fsp3) is 0.300. The number of aromatic nitrogens is 2. The number of nitrogens with one attached hydrogen (secondary N) is 1. The molecular formula is C20H22N4O. The number of aliphatic hydroxyl groups is 1. The molecule has 2 heterocycles. The Morgan fingerprint density at radius 1 is 1.00 bits per heavy atom. The van der Waals surface area contributed by atoms with Gasteiger partial charge in [0.05, 0.1) is 16.7 Å². The molecule has 1 aliphatic heterocycles. The first-order valence-corrected chi connectivity index (χ1v) is 8.71. The standard InChI is InChI=1S/C20H22N4O/c21-16-4-1-14(2-5-16)20(25)15-3-6-17-18(11-15)24-19(12-23-17)13-7-9-22-10-8-13/h1-6,11-13,20,22,25H,7-10,21H2. The summed E-state index contributed by atoms with van der Waals surface area (Å²) in [6.45, 7) is 2.06. The number of rotatable bonds is 3. The normalized spacial score (nSPS) is 16.8. The number of nitrogens with two attached hydrogens (primary N) is 1. The Balaban J connectivity index is 1.67. The summed E-state index contributed by atoms with van der Waals surface area (Å²) in [7, 11) is 0. The second-order valence-electron chi connectivity index (χ2n) is 6.64. The molecule has 1 aromatic heterocycles. The van der Waals surface area contributed by atoms with Gasteiger partial charge < -0.3 is 16.2 Å². The van der Waals surface area contributed by atoms with Crippen molar-refractivity contribution in [3.63, 3.8) is 0 Å². The molecular weight excluding hydrogens is 312 g/mol. The highest BCUT2D eigenvalue weighted by Crippen LogP contribution is 2.27. The van der Waals surface area contributed by atoms with Gasteiger partial charge in [0.2, 0.25) is 0 Å². The third-order valence-electron chi connectivity index (χ3n) is 4.91. The van der Waals surface area contributed by atoms with Crippen LogP contribution in [-0.2, 0) is 0 Å². The molecule has 1 saturated heterocycles. The summed E-state index contributed by atoms with van der Waals surface area (Å²) in [5.41, 5.74) is 10.8. The quantitative estimate of drug-likeness (QED) is 0.642. The molecule has 1 fully saturated rings. The van der Waals surface area contributed by atoms with Gasteiger partial charge in [-0.25, -0.2) is 4.98 Å². The van der Waals surface area contributed by atoms with Crippen LogP contribution in [0.15, 0.2) is 48.7 Å². The molecule has 5 nitrogen and oxygen atoms in total. The monoisotopic (exact) mass is 334 g/mol. The first-order chi connectivity index (χ1) is 12.2. The predicted octanol–water partition coefficient (Wildman–Crippen LogP) is 2.76. The molecule has 4 N–H and O–H groups in total. The minimum Gasteiger partial charge on any atom is -0.399 e. The number of hydrogen-bond donors (Lipinski definition) is 3. The average molecular weight is 334 g/mol. The van der Waals surface area contributed by atoms with E-state index < -0.39 is 6.10 Å². The molecule has 3 aromatic rings. The van der Waals surface area contributed by atoms with Crippen molar-refractivity contribution in [1.29, 1.82) is 0 Å². The minimum atomic E-state index is -0.700. The van der Waals surface area contributed by atoms with Crippen molar-refractivity contribution < 1.29 is 5.11 Å². The van der Waals surface area contributed by atoms with Gasteiger partial charge in [0.15, 0.2) is 0 Å². The number of aliphatic hydroxyl groups excluding tert-OH is 1. The van der Waals surface area contributed by atoms with E-state index in [1.54, 1.807) is 12.1 Å². The highest BCUT2D eigenvalue weighted by Gasteiger charge is 2.18. The number of nitrogens with zero attached hydrogens (tertiary/aromatic N) is 2. The Morgan fingerprint density at radius 2 is 1.72 bits per heavy atom. The molecule has 25 heavy (non-hydrogen) atoms. The van der Waals surface area contributed by atoms with Gasteiger partial charge in [0, 0.05) is 17.8 Å². The molecule has 0 saturated carbocycles. The highest BCUT2D eigenvalue weighted by molar-refractivity contribution is 5.75. The van der Waals surface area contributed by atoms with Crippen LogP contribution in [0.25, 0.3) is 11.0 Å². The van der Waals surface area contributed by atoms with Gasteiger partial charge >= 0.3 is 0 Å². The fourth-order valence-electron chi connectivity index (χ4n) is 3.40. The van der Waals surface area contributed by atoms with Crippen LogP contribution in [0.4, 0.5) is 5.69 Å². The lowest BCUT2D eigenvalue weighted by Crippen LogP contribution is -2.27. The first-order valence-electron chi connectivity index (χ1n) is 8.71. The van der Waals surface area contributed by atoms with Crippen LogP contribution in [0, 0.1) is 0 Å². The summed E-state index contributed by atoms with van der Waals surface area (Å²) >= 11 is 0. The Bertz CT molecular complexity index is 873. The first kappa shape index (κ1) is 16.0. The molecule has 0 aliphatic carbocycles. The van der Waals surface area contributed by atoms with Crippen molar-refractivity contribution in [2.45, 2.75) is 24.9 Å². The number of nitrogen functional groups attached to an aromatic ring is 1. The van der Waals surface area contributed by atoms with Crippen molar-refractivity contribution in [1.82, 2.24) is 15.3 Å². The molecule has 0 radical (unpaired) electrons. The van der Waals surface area contributed by atoms with Crippen LogP contribution in [0.2, 0.25) is 0 Å². The highest BCUT2D eigenvalue weighted by atomic mass is 16.3. The van der Waals surface area contributed by atoms with Crippen LogP contribution in [0.5, 0.6) is 0 Å². The van der Waals surface area contributed by atoms with E-state index in [-0.39, 0.29) is 0 Å². The fourth-order valence-corrected chi connectivity index (χ4v) is 3.40. The molecule has 1 aliphatic rings. The molecule has 5 heteroatoms. The van der Waals surface area contributed by atoms with Gasteiger partial charge in [0.1, 0.15) is 6.10 Å². The lowest BCUT2D eigenvalue weighted by atomic mass is 9.95. The maximum Gasteiger partial charge on any atom is 0.104 e. The van der Waals surface area contributed by atoms with Gasteiger partial charge in [-0.1, -0.05) is 18.2 Å². The van der Waals surface area contributed by atoms with E-state index in [2.05, 4.69) is 10.3 Å². The molecule has 4 rings (SSSR count). The summed E-state index contributed by atoms with van der Waals surface area (Å²) in [6.07, 6.45) is 3.38. The number of piperidine rings is 1. The summed E-state index contributed by atoms with van der Waals surface area (Å²) in [5.74, 6) is 0.462. The van der Waals surface area contributed by atoms with Crippen LogP contribution < -0.4 is 11.1 Å². The van der Waals surface area contributed by atoms with Crippen molar-refractivity contribution in [2.75, 3.05) is 18.8 Å². The van der Waals surface area contributed by atoms with E-state index in [4.69, 9.17) is 10.7 Å². The van der Waals surface area contributed by atoms with E-state index in [0.29, 0.717) is 11.6 Å². The van der Waals surface area contributed by atoms with Crippen LogP contribution in [-0.4, -0.2) is 28.2 Å². The lowest BCUT2D eigenvalue weighted by molar-refractivity contribution is 0.220. The number of hydrogen-bond acceptors (Lipinski definition) is 5. The average Bonchev–Trinajstić information content (AvgIpc) is 2.68. The molecule has 0 bridgehead atoms. The lowest BCUT2D eigenvalue weighted by Gasteiger charge is -2.22. The smallest absolute Gasteiger partial charge is 0.104 e. The van der Waals surface area contributed by atoms with E-state index in [1.807, 2.05) is 36.5 Å². The van der Waals surface area contributed by atoms with Gasteiger partial charge in [-0.3, -0.25) is 4.98 Å². The van der Waals surface area contributed by atoms with E-state index in [1.165, 1.54) is 0 Å². The Hall–Kier alpha value is -2.50. The van der Waals surface area contributed by atoms with Gasteiger partial charge in [0.25, 0.3) is 0 Å². The maximum atomic E-state index is 10.7. The van der Waals surface area contributed by atoms with Gasteiger partial charge in [-0.2, -0.15) is 0 Å². The second-order valence-corrected chi connectivity index (χ2v) is 6.64. The zero-order valence-electron chi connectivity index (χ0n) is 14.0. The maximum absolute atomic E-state index is 10.7. The Morgan fingerprint density at radius 3 is 2.48 bits per heavy atom. The third kappa shape index (κ3) is 3.34. The van der Waals surface area contributed by atoms with Gasteiger partial charge in [-0.05, 0) is 61.3 Å². The molecule has 1 unspecified atom stereocenters. The number of anilines is 1. The van der Waals surface area contributed by atoms with Crippen molar-refractivity contribution >= 4 is 16.7 Å². The van der Waals surface area contributed by atoms with Crippen molar-refractivity contribution in [3.8, 4) is 0 Å². The molecule has 2 aromatic carbocycles. The summed E-state index contributed by atoms with van der Waals surface area (Å²) in [5, 5.41) is 14.0. The van der Waals surface area contributed by atoms with Crippen LogP contribution in [0.1, 0.15) is 41.7 Å². The summed E-state index contributed by atoms with van der Waals surface area (Å²) < 4.78 is 0. The Labute approximate surface area is 146 Å². The second kappa shape index (κ2) is 6.78. The van der Waals surface area contributed by atoms with E-state index >= 15 is 0 Å². The number of benzene rings is 2. The SMILES string of the molecule is Nc1ccc(C(O)c2ccc3ncc(C4CCNCC4)nc3c2)cc1. The zero-order valence-corrected chi connectivity index (χ0v) is 14.0. The minimum absolute atomic E-state index is 0.462. The number of fused-ring (bicyclic) bond motifs is 1. The molecule has 0 spiro atoms. The summed E-state index contributed by atoms with van der Waals surface area (Å²) in [4.78, 5) is 9.39. The Kier molecular flexibility index (Phi) is 4.34. The predicted molar refractivity (Wildman–Crippen MR) is 99.3 cm³/mol. The van der Waals surface area contributed by atoms with E-state index in [9.17, 15) is 5.11 Å². The van der Waals surface area contributed by atoms with Crippen LogP contribution >= 0.6 is 0 Å². The molecule has 1 atom stereocenters. The van der Waals surface area contributed by atoms with Crippen molar-refractivity contribution in [3.05, 3.63) is 65.5 Å². The van der Waals surface area contributed by atoms with Crippen molar-refractivity contribution in [2.24, 2.45) is 0 Å². The largest absolute Gasteiger partial charge is 0.399 e. The summed E-state index contributed by atoms with van der Waals surface area (Å²) in [6, 6.07) is 13.1. The molecule has 0 amide bonds. The third-order valence-corrected chi connectivity index (χ3v) is 4.91. The van der Waals surface area contributed by atoms with Crippen LogP contribution in [0.3, 0.4) is 0 Å².